The van der Waals surface area contributed by atoms with Crippen molar-refractivity contribution in [3.63, 3.8) is 0 Å². The van der Waals surface area contributed by atoms with E-state index in [1.807, 2.05) is 0 Å². The third-order valence-electron chi connectivity index (χ3n) is 5.67. The van der Waals surface area contributed by atoms with Gasteiger partial charge in [-0.15, -0.1) is 11.3 Å². The first kappa shape index (κ1) is 25.6. The van der Waals surface area contributed by atoms with Crippen LogP contribution in [-0.4, -0.2) is 80.9 Å². The molecule has 2 amide bonds. The number of nitrogens with zero attached hydrogens (tertiary/aromatic N) is 2. The van der Waals surface area contributed by atoms with E-state index in [1.165, 1.54) is 38.7 Å². The molecule has 2 aliphatic rings. The van der Waals surface area contributed by atoms with Crippen LogP contribution in [0.1, 0.15) is 22.5 Å². The largest absolute Gasteiger partial charge is 0.454 e. The van der Waals surface area contributed by atoms with Crippen molar-refractivity contribution < 1.29 is 32.3 Å². The fraction of sp³-hybridized carbons (Fsp3) is 0.409. The summed E-state index contributed by atoms with van der Waals surface area (Å²) in [5.74, 6) is -1.54. The monoisotopic (exact) mass is 541 g/mol. The number of hydrogen-bond donors (Lipinski definition) is 1. The van der Waals surface area contributed by atoms with Crippen LogP contribution in [0.2, 0.25) is 5.02 Å². The van der Waals surface area contributed by atoms with E-state index in [0.29, 0.717) is 24.3 Å². The van der Waals surface area contributed by atoms with E-state index in [4.69, 9.17) is 21.1 Å². The zero-order chi connectivity index (χ0) is 25.0. The first-order valence-electron chi connectivity index (χ1n) is 11.0. The van der Waals surface area contributed by atoms with E-state index in [0.717, 1.165) is 0 Å². The first-order valence-corrected chi connectivity index (χ1v) is 13.7. The fourth-order valence-electron chi connectivity index (χ4n) is 3.93. The molecule has 0 radical (unpaired) electrons. The Balaban J connectivity index is 1.36. The molecule has 2 fully saturated rings. The van der Waals surface area contributed by atoms with Gasteiger partial charge in [0, 0.05) is 25.3 Å². The maximum atomic E-state index is 13.0. The maximum Gasteiger partial charge on any atom is 0.329 e. The fourth-order valence-corrected chi connectivity index (χ4v) is 6.52. The van der Waals surface area contributed by atoms with Crippen LogP contribution in [0.15, 0.2) is 40.6 Å². The van der Waals surface area contributed by atoms with Crippen LogP contribution in [-0.2, 0) is 29.1 Å². The molecular formula is C22H24ClN3O7S2. The van der Waals surface area contributed by atoms with E-state index in [9.17, 15) is 22.8 Å². The molecule has 1 aromatic carbocycles. The van der Waals surface area contributed by atoms with Crippen LogP contribution in [0.4, 0.5) is 5.69 Å². The number of carbonyl (C=O) groups is 3. The molecule has 1 atom stereocenters. The van der Waals surface area contributed by atoms with Gasteiger partial charge in [0.2, 0.25) is 10.0 Å². The third-order valence-corrected chi connectivity index (χ3v) is 8.90. The number of amides is 2. The van der Waals surface area contributed by atoms with Gasteiger partial charge >= 0.3 is 5.97 Å². The quantitative estimate of drug-likeness (QED) is 0.533. The number of ether oxygens (including phenoxy) is 2. The summed E-state index contributed by atoms with van der Waals surface area (Å²) < 4.78 is 37.5. The predicted octanol–water partition coefficient (Wildman–Crippen LogP) is 2.21. The molecule has 1 aromatic heterocycles. The van der Waals surface area contributed by atoms with Gasteiger partial charge < -0.3 is 19.7 Å². The van der Waals surface area contributed by atoms with E-state index in [1.54, 1.807) is 17.5 Å². The molecule has 35 heavy (non-hydrogen) atoms. The molecule has 13 heteroatoms. The molecule has 2 saturated heterocycles. The summed E-state index contributed by atoms with van der Waals surface area (Å²) in [4.78, 5) is 39.5. The number of sulfonamides is 1. The van der Waals surface area contributed by atoms with Gasteiger partial charge in [-0.25, -0.2) is 13.2 Å². The zero-order valence-electron chi connectivity index (χ0n) is 18.6. The number of nitrogens with one attached hydrogen (secondary N) is 1. The SMILES string of the molecule is O=C(COC(=O)[C@@H]1CCCN1C(=O)c1cccs1)Nc1ccc(Cl)c(S(=O)(=O)N2CCOCC2)c1. The number of carbonyl (C=O) groups excluding carboxylic acids is 3. The number of likely N-dealkylation sites (tertiary alicyclic amines) is 1. The second kappa shape index (κ2) is 11.0. The van der Waals surface area contributed by atoms with Crippen LogP contribution in [0, 0.1) is 0 Å². The molecule has 1 N–H and O–H groups in total. The number of esters is 1. The van der Waals surface area contributed by atoms with Crippen LogP contribution >= 0.6 is 22.9 Å². The number of thiophene rings is 1. The number of halogens is 1. The normalized spacial score (nSPS) is 18.9. The number of benzene rings is 1. The lowest BCUT2D eigenvalue weighted by molar-refractivity contribution is -0.151. The average Bonchev–Trinajstić information content (AvgIpc) is 3.56. The Bertz CT molecular complexity index is 1200. The predicted molar refractivity (Wildman–Crippen MR) is 129 cm³/mol. The van der Waals surface area contributed by atoms with Gasteiger partial charge in [-0.3, -0.25) is 9.59 Å². The standard InChI is InChI=1S/C22H24ClN3O7S2/c23-16-6-5-15(13-19(16)35(30,31)25-8-10-32-11-9-25)24-20(27)14-33-22(29)17-3-1-7-26(17)21(28)18-4-2-12-34-18/h2,4-6,12-13,17H,1,3,7-11,14H2,(H,24,27)/t17-/m0/s1. The minimum atomic E-state index is -3.87. The summed E-state index contributed by atoms with van der Waals surface area (Å²) in [6, 6.07) is 6.81. The topological polar surface area (TPSA) is 122 Å². The van der Waals surface area contributed by atoms with Crippen LogP contribution in [0.25, 0.3) is 0 Å². The summed E-state index contributed by atoms with van der Waals surface area (Å²) >= 11 is 7.43. The van der Waals surface area contributed by atoms with Crippen molar-refractivity contribution in [2.45, 2.75) is 23.8 Å². The van der Waals surface area contributed by atoms with Gasteiger partial charge in [0.25, 0.3) is 11.8 Å². The van der Waals surface area contributed by atoms with Crippen LogP contribution in [0.5, 0.6) is 0 Å². The minimum absolute atomic E-state index is 0.0256. The number of hydrogen-bond acceptors (Lipinski definition) is 8. The summed E-state index contributed by atoms with van der Waals surface area (Å²) in [5.41, 5.74) is 0.192. The van der Waals surface area contributed by atoms with E-state index in [2.05, 4.69) is 5.32 Å². The van der Waals surface area contributed by atoms with Gasteiger partial charge in [0.1, 0.15) is 10.9 Å². The Morgan fingerprint density at radius 3 is 2.66 bits per heavy atom. The molecule has 2 aliphatic heterocycles. The highest BCUT2D eigenvalue weighted by atomic mass is 35.5. The Morgan fingerprint density at radius 2 is 1.94 bits per heavy atom. The first-order chi connectivity index (χ1) is 16.8. The second-order valence-corrected chi connectivity index (χ2v) is 11.2. The van der Waals surface area contributed by atoms with E-state index in [-0.39, 0.29) is 47.8 Å². The summed E-state index contributed by atoms with van der Waals surface area (Å²) in [5, 5.41) is 4.34. The van der Waals surface area contributed by atoms with Crippen molar-refractivity contribution in [2.24, 2.45) is 0 Å². The Labute approximate surface area is 211 Å². The number of morpholine rings is 1. The molecule has 2 aromatic rings. The van der Waals surface area contributed by atoms with Crippen molar-refractivity contribution in [2.75, 3.05) is 44.8 Å². The van der Waals surface area contributed by atoms with Crippen molar-refractivity contribution >= 4 is 56.4 Å². The number of anilines is 1. The molecule has 0 saturated carbocycles. The second-order valence-electron chi connectivity index (χ2n) is 7.95. The Hall–Kier alpha value is -2.51. The van der Waals surface area contributed by atoms with Crippen LogP contribution in [0.3, 0.4) is 0 Å². The lowest BCUT2D eigenvalue weighted by atomic mass is 10.2. The lowest BCUT2D eigenvalue weighted by Gasteiger charge is -2.26. The minimum Gasteiger partial charge on any atom is -0.454 e. The van der Waals surface area contributed by atoms with Crippen molar-refractivity contribution in [3.05, 3.63) is 45.6 Å². The third kappa shape index (κ3) is 5.84. The van der Waals surface area contributed by atoms with E-state index >= 15 is 0 Å². The Kier molecular flexibility index (Phi) is 8.07. The van der Waals surface area contributed by atoms with Gasteiger partial charge in [0.15, 0.2) is 6.61 Å². The molecule has 0 unspecified atom stereocenters. The summed E-state index contributed by atoms with van der Waals surface area (Å²) in [6.07, 6.45) is 1.12. The number of rotatable bonds is 7. The van der Waals surface area contributed by atoms with Gasteiger partial charge in [-0.1, -0.05) is 17.7 Å². The summed E-state index contributed by atoms with van der Waals surface area (Å²) in [6.45, 7) is 0.848. The average molecular weight is 542 g/mol. The molecule has 10 nitrogen and oxygen atoms in total. The highest BCUT2D eigenvalue weighted by Gasteiger charge is 2.36. The van der Waals surface area contributed by atoms with Gasteiger partial charge in [0.05, 0.1) is 23.1 Å². The molecular weight excluding hydrogens is 518 g/mol. The molecule has 0 bridgehead atoms. The smallest absolute Gasteiger partial charge is 0.329 e. The highest BCUT2D eigenvalue weighted by molar-refractivity contribution is 7.89. The molecule has 3 heterocycles. The highest BCUT2D eigenvalue weighted by Crippen LogP contribution is 2.28. The van der Waals surface area contributed by atoms with Crippen LogP contribution < -0.4 is 5.32 Å². The molecule has 4 rings (SSSR count). The molecule has 0 spiro atoms. The lowest BCUT2D eigenvalue weighted by Crippen LogP contribution is -2.41. The van der Waals surface area contributed by atoms with E-state index < -0.39 is 34.5 Å². The van der Waals surface area contributed by atoms with Crippen molar-refractivity contribution in [3.8, 4) is 0 Å². The van der Waals surface area contributed by atoms with Gasteiger partial charge in [-0.05, 0) is 42.5 Å². The maximum absolute atomic E-state index is 13.0. The van der Waals surface area contributed by atoms with Gasteiger partial charge in [-0.2, -0.15) is 4.31 Å². The summed E-state index contributed by atoms with van der Waals surface area (Å²) in [7, 11) is -3.87. The molecule has 0 aliphatic carbocycles. The zero-order valence-corrected chi connectivity index (χ0v) is 21.0. The van der Waals surface area contributed by atoms with Crippen molar-refractivity contribution in [1.29, 1.82) is 0 Å². The Morgan fingerprint density at radius 1 is 1.17 bits per heavy atom. The molecule has 188 valence electrons. The van der Waals surface area contributed by atoms with Crippen molar-refractivity contribution in [1.82, 2.24) is 9.21 Å².